The molecule has 0 aliphatic carbocycles. The van der Waals surface area contributed by atoms with Crippen LogP contribution in [-0.2, 0) is 13.6 Å². The Morgan fingerprint density at radius 1 is 1.57 bits per heavy atom. The van der Waals surface area contributed by atoms with E-state index in [0.717, 1.165) is 25.5 Å². The zero-order valence-corrected chi connectivity index (χ0v) is 8.85. The Balaban J connectivity index is 1.97. The summed E-state index contributed by atoms with van der Waals surface area (Å²) >= 11 is 0. The molecule has 0 radical (unpaired) electrons. The predicted molar refractivity (Wildman–Crippen MR) is 55.6 cm³/mol. The quantitative estimate of drug-likeness (QED) is 0.731. The van der Waals surface area contributed by atoms with Gasteiger partial charge in [-0.25, -0.2) is 4.98 Å². The molecule has 1 fully saturated rings. The average molecular weight is 194 g/mol. The highest BCUT2D eigenvalue weighted by molar-refractivity contribution is 4.94. The van der Waals surface area contributed by atoms with E-state index in [9.17, 15) is 0 Å². The third kappa shape index (κ3) is 1.81. The van der Waals surface area contributed by atoms with Gasteiger partial charge in [0.15, 0.2) is 0 Å². The van der Waals surface area contributed by atoms with Gasteiger partial charge in [0.2, 0.25) is 0 Å². The van der Waals surface area contributed by atoms with Gasteiger partial charge in [0, 0.05) is 38.6 Å². The van der Waals surface area contributed by atoms with Crippen LogP contribution < -0.4 is 5.73 Å². The van der Waals surface area contributed by atoms with E-state index in [1.165, 1.54) is 0 Å². The molecule has 1 aliphatic rings. The van der Waals surface area contributed by atoms with Gasteiger partial charge in [-0.3, -0.25) is 4.90 Å². The van der Waals surface area contributed by atoms with Gasteiger partial charge in [-0.05, 0) is 5.92 Å². The van der Waals surface area contributed by atoms with E-state index in [1.54, 1.807) is 0 Å². The molecule has 1 aromatic rings. The normalized spacial score (nSPS) is 28.5. The molecule has 1 aliphatic heterocycles. The summed E-state index contributed by atoms with van der Waals surface area (Å²) in [5, 5.41) is 0. The van der Waals surface area contributed by atoms with Crippen LogP contribution in [0.15, 0.2) is 12.4 Å². The number of likely N-dealkylation sites (tertiary alicyclic amines) is 1. The molecule has 4 heteroatoms. The van der Waals surface area contributed by atoms with Crippen LogP contribution in [0.25, 0.3) is 0 Å². The maximum absolute atomic E-state index is 5.97. The van der Waals surface area contributed by atoms with Crippen LogP contribution in [0.1, 0.15) is 12.7 Å². The lowest BCUT2D eigenvalue weighted by atomic mass is 10.1. The maximum atomic E-state index is 5.97. The minimum absolute atomic E-state index is 0.329. The van der Waals surface area contributed by atoms with E-state index in [4.69, 9.17) is 5.73 Å². The molecule has 78 valence electrons. The Hall–Kier alpha value is -0.870. The first-order valence-corrected chi connectivity index (χ1v) is 5.11. The number of hydrogen-bond donors (Lipinski definition) is 1. The number of imidazole rings is 1. The van der Waals surface area contributed by atoms with Crippen LogP contribution in [0.4, 0.5) is 0 Å². The fraction of sp³-hybridized carbons (Fsp3) is 0.700. The van der Waals surface area contributed by atoms with Crippen molar-refractivity contribution >= 4 is 0 Å². The number of aryl methyl sites for hydroxylation is 1. The Morgan fingerprint density at radius 3 is 2.86 bits per heavy atom. The van der Waals surface area contributed by atoms with Crippen molar-refractivity contribution in [3.8, 4) is 0 Å². The largest absolute Gasteiger partial charge is 0.337 e. The molecule has 2 rings (SSSR count). The second-order valence-electron chi connectivity index (χ2n) is 4.29. The van der Waals surface area contributed by atoms with Gasteiger partial charge < -0.3 is 10.3 Å². The molecular weight excluding hydrogens is 176 g/mol. The van der Waals surface area contributed by atoms with Crippen molar-refractivity contribution in [2.24, 2.45) is 18.7 Å². The standard InChI is InChI=1S/C10H18N4/c1-8-5-14(6-9(8)11)7-10-12-3-4-13(10)2/h3-4,8-9H,5-7,11H2,1-2H3. The molecule has 0 amide bonds. The number of hydrogen-bond acceptors (Lipinski definition) is 3. The minimum atomic E-state index is 0.329. The molecule has 0 bridgehead atoms. The zero-order chi connectivity index (χ0) is 10.1. The molecule has 1 aromatic heterocycles. The number of rotatable bonds is 2. The average Bonchev–Trinajstić information content (AvgIpc) is 2.63. The molecule has 2 atom stereocenters. The molecule has 0 spiro atoms. The van der Waals surface area contributed by atoms with Gasteiger partial charge in [0.05, 0.1) is 6.54 Å². The number of nitrogens with two attached hydrogens (primary N) is 1. The first-order valence-electron chi connectivity index (χ1n) is 5.11. The van der Waals surface area contributed by atoms with E-state index in [-0.39, 0.29) is 0 Å². The summed E-state index contributed by atoms with van der Waals surface area (Å²) < 4.78 is 2.06. The highest BCUT2D eigenvalue weighted by Crippen LogP contribution is 2.16. The second kappa shape index (κ2) is 3.71. The van der Waals surface area contributed by atoms with Gasteiger partial charge >= 0.3 is 0 Å². The minimum Gasteiger partial charge on any atom is -0.337 e. The van der Waals surface area contributed by atoms with Crippen LogP contribution in [0.3, 0.4) is 0 Å². The van der Waals surface area contributed by atoms with Crippen LogP contribution in [0.5, 0.6) is 0 Å². The summed E-state index contributed by atoms with van der Waals surface area (Å²) in [5.41, 5.74) is 5.97. The Morgan fingerprint density at radius 2 is 2.36 bits per heavy atom. The highest BCUT2D eigenvalue weighted by atomic mass is 15.2. The fourth-order valence-corrected chi connectivity index (χ4v) is 1.97. The van der Waals surface area contributed by atoms with E-state index in [1.807, 2.05) is 19.4 Å². The fourth-order valence-electron chi connectivity index (χ4n) is 1.97. The van der Waals surface area contributed by atoms with Gasteiger partial charge in [-0.2, -0.15) is 0 Å². The van der Waals surface area contributed by atoms with Gasteiger partial charge in [0.1, 0.15) is 5.82 Å². The molecule has 2 N–H and O–H groups in total. The third-order valence-corrected chi connectivity index (χ3v) is 3.03. The first-order chi connectivity index (χ1) is 6.66. The summed E-state index contributed by atoms with van der Waals surface area (Å²) in [6.45, 7) is 5.21. The molecular formula is C10H18N4. The molecule has 2 heterocycles. The van der Waals surface area contributed by atoms with E-state index < -0.39 is 0 Å². The van der Waals surface area contributed by atoms with Crippen molar-refractivity contribution in [2.75, 3.05) is 13.1 Å². The zero-order valence-electron chi connectivity index (χ0n) is 8.85. The summed E-state index contributed by atoms with van der Waals surface area (Å²) in [5.74, 6) is 1.72. The van der Waals surface area contributed by atoms with Gasteiger partial charge in [-0.1, -0.05) is 6.92 Å². The maximum Gasteiger partial charge on any atom is 0.122 e. The van der Waals surface area contributed by atoms with Gasteiger partial charge in [-0.15, -0.1) is 0 Å². The smallest absolute Gasteiger partial charge is 0.122 e. The van der Waals surface area contributed by atoms with Crippen LogP contribution in [-0.4, -0.2) is 33.6 Å². The van der Waals surface area contributed by atoms with Crippen molar-refractivity contribution in [2.45, 2.75) is 19.5 Å². The lowest BCUT2D eigenvalue weighted by molar-refractivity contribution is 0.307. The van der Waals surface area contributed by atoms with Crippen molar-refractivity contribution in [1.82, 2.24) is 14.5 Å². The first kappa shape index (κ1) is 9.68. The Labute approximate surface area is 84.7 Å². The number of aromatic nitrogens is 2. The SMILES string of the molecule is CC1CN(Cc2nccn2C)CC1N. The Bertz CT molecular complexity index is 297. The summed E-state index contributed by atoms with van der Waals surface area (Å²) in [6, 6.07) is 0.329. The molecule has 4 nitrogen and oxygen atoms in total. The summed E-state index contributed by atoms with van der Waals surface area (Å²) in [6.07, 6.45) is 3.82. The third-order valence-electron chi connectivity index (χ3n) is 3.03. The molecule has 0 saturated carbocycles. The van der Waals surface area contributed by atoms with Crippen molar-refractivity contribution in [3.05, 3.63) is 18.2 Å². The lowest BCUT2D eigenvalue weighted by Gasteiger charge is -2.14. The van der Waals surface area contributed by atoms with Crippen molar-refractivity contribution in [1.29, 1.82) is 0 Å². The van der Waals surface area contributed by atoms with E-state index in [2.05, 4.69) is 21.4 Å². The summed E-state index contributed by atoms with van der Waals surface area (Å²) in [7, 11) is 2.03. The van der Waals surface area contributed by atoms with Crippen molar-refractivity contribution < 1.29 is 0 Å². The predicted octanol–water partition coefficient (Wildman–Crippen LogP) is 0.199. The topological polar surface area (TPSA) is 47.1 Å². The molecule has 14 heavy (non-hydrogen) atoms. The Kier molecular flexibility index (Phi) is 2.56. The molecule has 2 unspecified atom stereocenters. The highest BCUT2D eigenvalue weighted by Gasteiger charge is 2.26. The number of nitrogens with zero attached hydrogens (tertiary/aromatic N) is 3. The van der Waals surface area contributed by atoms with Crippen molar-refractivity contribution in [3.63, 3.8) is 0 Å². The molecule has 0 aromatic carbocycles. The van der Waals surface area contributed by atoms with E-state index >= 15 is 0 Å². The summed E-state index contributed by atoms with van der Waals surface area (Å²) in [4.78, 5) is 6.68. The molecule has 1 saturated heterocycles. The second-order valence-corrected chi connectivity index (χ2v) is 4.29. The van der Waals surface area contributed by atoms with Crippen LogP contribution >= 0.6 is 0 Å². The lowest BCUT2D eigenvalue weighted by Crippen LogP contribution is -2.28. The van der Waals surface area contributed by atoms with Gasteiger partial charge in [0.25, 0.3) is 0 Å². The van der Waals surface area contributed by atoms with Crippen LogP contribution in [0.2, 0.25) is 0 Å². The van der Waals surface area contributed by atoms with Crippen LogP contribution in [0, 0.1) is 5.92 Å². The van der Waals surface area contributed by atoms with E-state index in [0.29, 0.717) is 12.0 Å². The monoisotopic (exact) mass is 194 g/mol.